The molecule has 2 rings (SSSR count). The lowest BCUT2D eigenvalue weighted by Crippen LogP contribution is -2.42. The van der Waals surface area contributed by atoms with Crippen LogP contribution in [0.5, 0.6) is 0 Å². The van der Waals surface area contributed by atoms with Gasteiger partial charge in [0.25, 0.3) is 0 Å². The number of hydrogen-bond donors (Lipinski definition) is 6. The number of aliphatic hydroxyl groups excluding tert-OH is 6. The van der Waals surface area contributed by atoms with Crippen LogP contribution < -0.4 is 0 Å². The van der Waals surface area contributed by atoms with Crippen LogP contribution >= 0.6 is 0 Å². The standard InChI is InChI=1S/C19H36O10/c1-2-3-4-5-6-7-8-26-18-16(25)14(23)17(29-18)11(21)10-27-19-15(24)13(22)12(9-20)28-19/h11-25H,2-10H2,1H3/t11-,12+,13+,14-,15-,16-,17+,18-,19-/m1/s1. The Morgan fingerprint density at radius 1 is 0.793 bits per heavy atom. The van der Waals surface area contributed by atoms with E-state index in [2.05, 4.69) is 6.92 Å². The first-order chi connectivity index (χ1) is 13.9. The van der Waals surface area contributed by atoms with E-state index in [9.17, 15) is 25.5 Å². The van der Waals surface area contributed by atoms with Crippen LogP contribution in [0, 0.1) is 0 Å². The summed E-state index contributed by atoms with van der Waals surface area (Å²) in [4.78, 5) is 0. The fourth-order valence-electron chi connectivity index (χ4n) is 3.50. The Hall–Kier alpha value is -0.400. The summed E-state index contributed by atoms with van der Waals surface area (Å²) in [6, 6.07) is 0. The zero-order chi connectivity index (χ0) is 21.4. The lowest BCUT2D eigenvalue weighted by molar-refractivity contribution is -0.207. The molecular weight excluding hydrogens is 388 g/mol. The van der Waals surface area contributed by atoms with Gasteiger partial charge in [-0.15, -0.1) is 0 Å². The van der Waals surface area contributed by atoms with Gasteiger partial charge in [-0.25, -0.2) is 0 Å². The monoisotopic (exact) mass is 424 g/mol. The first kappa shape index (κ1) is 24.9. The van der Waals surface area contributed by atoms with Gasteiger partial charge in [0.1, 0.15) is 42.7 Å². The van der Waals surface area contributed by atoms with Crippen LogP contribution in [-0.2, 0) is 18.9 Å². The Balaban J connectivity index is 1.70. The molecule has 0 bridgehead atoms. The van der Waals surface area contributed by atoms with Gasteiger partial charge in [-0.1, -0.05) is 39.0 Å². The third-order valence-electron chi connectivity index (χ3n) is 5.35. The van der Waals surface area contributed by atoms with Crippen LogP contribution in [0.2, 0.25) is 0 Å². The van der Waals surface area contributed by atoms with Gasteiger partial charge in [0.05, 0.1) is 13.2 Å². The summed E-state index contributed by atoms with van der Waals surface area (Å²) in [7, 11) is 0. The highest BCUT2D eigenvalue weighted by atomic mass is 16.7. The van der Waals surface area contributed by atoms with E-state index in [0.717, 1.165) is 19.3 Å². The van der Waals surface area contributed by atoms with Crippen LogP contribution in [-0.4, -0.2) is 106 Å². The van der Waals surface area contributed by atoms with Crippen molar-refractivity contribution in [2.24, 2.45) is 0 Å². The lowest BCUT2D eigenvalue weighted by atomic mass is 10.1. The van der Waals surface area contributed by atoms with E-state index in [-0.39, 0.29) is 6.61 Å². The average Bonchev–Trinajstić information content (AvgIpc) is 3.16. The predicted octanol–water partition coefficient (Wildman–Crippen LogP) is -1.37. The number of unbranched alkanes of at least 4 members (excludes halogenated alkanes) is 5. The molecule has 2 saturated heterocycles. The highest BCUT2D eigenvalue weighted by Gasteiger charge is 2.48. The Labute approximate surface area is 171 Å². The summed E-state index contributed by atoms with van der Waals surface area (Å²) >= 11 is 0. The molecule has 0 radical (unpaired) electrons. The molecule has 29 heavy (non-hydrogen) atoms. The summed E-state index contributed by atoms with van der Waals surface area (Å²) in [5, 5.41) is 59.1. The van der Waals surface area contributed by atoms with Crippen LogP contribution in [0.3, 0.4) is 0 Å². The molecule has 2 aliphatic rings. The van der Waals surface area contributed by atoms with E-state index in [1.54, 1.807) is 0 Å². The minimum atomic E-state index is -1.38. The summed E-state index contributed by atoms with van der Waals surface area (Å²) in [6.07, 6.45) is -4.59. The summed E-state index contributed by atoms with van der Waals surface area (Å²) in [6.45, 7) is 1.66. The molecule has 172 valence electrons. The van der Waals surface area contributed by atoms with E-state index in [1.165, 1.54) is 19.3 Å². The molecule has 0 unspecified atom stereocenters. The summed E-state index contributed by atoms with van der Waals surface area (Å²) < 4.78 is 21.4. The van der Waals surface area contributed by atoms with Crippen LogP contribution in [0.15, 0.2) is 0 Å². The summed E-state index contributed by atoms with van der Waals surface area (Å²) in [5.41, 5.74) is 0. The Kier molecular flexibility index (Phi) is 10.7. The maximum atomic E-state index is 10.3. The van der Waals surface area contributed by atoms with Crippen molar-refractivity contribution in [1.29, 1.82) is 0 Å². The van der Waals surface area contributed by atoms with E-state index in [0.29, 0.717) is 6.61 Å². The average molecular weight is 424 g/mol. The lowest BCUT2D eigenvalue weighted by Gasteiger charge is -2.23. The van der Waals surface area contributed by atoms with Gasteiger partial charge in [0.2, 0.25) is 0 Å². The van der Waals surface area contributed by atoms with Gasteiger partial charge in [0, 0.05) is 6.61 Å². The van der Waals surface area contributed by atoms with Crippen molar-refractivity contribution in [3.8, 4) is 0 Å². The Morgan fingerprint density at radius 3 is 2.07 bits per heavy atom. The first-order valence-electron chi connectivity index (χ1n) is 10.5. The number of rotatable bonds is 13. The smallest absolute Gasteiger partial charge is 0.186 e. The largest absolute Gasteiger partial charge is 0.394 e. The van der Waals surface area contributed by atoms with Crippen molar-refractivity contribution in [2.75, 3.05) is 19.8 Å². The molecule has 0 aromatic carbocycles. The highest BCUT2D eigenvalue weighted by molar-refractivity contribution is 4.91. The van der Waals surface area contributed by atoms with Crippen molar-refractivity contribution in [3.05, 3.63) is 0 Å². The minimum Gasteiger partial charge on any atom is -0.394 e. The van der Waals surface area contributed by atoms with Crippen molar-refractivity contribution < 1.29 is 49.6 Å². The second-order valence-electron chi connectivity index (χ2n) is 7.70. The van der Waals surface area contributed by atoms with Crippen molar-refractivity contribution >= 4 is 0 Å². The quantitative estimate of drug-likeness (QED) is 0.195. The third-order valence-corrected chi connectivity index (χ3v) is 5.35. The first-order valence-corrected chi connectivity index (χ1v) is 10.5. The molecule has 0 aromatic heterocycles. The number of hydrogen-bond acceptors (Lipinski definition) is 10. The predicted molar refractivity (Wildman–Crippen MR) is 99.7 cm³/mol. The molecular formula is C19H36O10. The van der Waals surface area contributed by atoms with Gasteiger partial charge in [-0.3, -0.25) is 0 Å². The van der Waals surface area contributed by atoms with Crippen LogP contribution in [0.1, 0.15) is 45.4 Å². The normalized spacial score (nSPS) is 38.6. The van der Waals surface area contributed by atoms with Crippen LogP contribution in [0.4, 0.5) is 0 Å². The highest BCUT2D eigenvalue weighted by Crippen LogP contribution is 2.27. The second kappa shape index (κ2) is 12.5. The van der Waals surface area contributed by atoms with E-state index >= 15 is 0 Å². The number of ether oxygens (including phenoxy) is 4. The maximum Gasteiger partial charge on any atom is 0.186 e. The van der Waals surface area contributed by atoms with E-state index < -0.39 is 61.9 Å². The van der Waals surface area contributed by atoms with Gasteiger partial charge in [-0.2, -0.15) is 0 Å². The molecule has 0 saturated carbocycles. The molecule has 0 amide bonds. The molecule has 0 aromatic rings. The maximum absolute atomic E-state index is 10.3. The SMILES string of the molecule is CCCCCCCCO[C@@H]1O[C@@H]([C@H](O)CO[C@@H]2O[C@@H](CO)[C@H](O)[C@H]2O)[C@H](O)[C@H]1O. The third kappa shape index (κ3) is 6.79. The van der Waals surface area contributed by atoms with Gasteiger partial charge < -0.3 is 49.6 Å². The fourth-order valence-corrected chi connectivity index (χ4v) is 3.50. The minimum absolute atomic E-state index is 0.377. The molecule has 0 spiro atoms. The molecule has 6 N–H and O–H groups in total. The van der Waals surface area contributed by atoms with Crippen molar-refractivity contribution in [3.63, 3.8) is 0 Å². The summed E-state index contributed by atoms with van der Waals surface area (Å²) in [5.74, 6) is 0. The van der Waals surface area contributed by atoms with Crippen molar-refractivity contribution in [1.82, 2.24) is 0 Å². The van der Waals surface area contributed by atoms with Crippen molar-refractivity contribution in [2.45, 2.75) is 101 Å². The molecule has 2 fully saturated rings. The topological polar surface area (TPSA) is 158 Å². The van der Waals surface area contributed by atoms with E-state index in [1.807, 2.05) is 0 Å². The van der Waals surface area contributed by atoms with Gasteiger partial charge in [-0.05, 0) is 6.42 Å². The molecule has 9 atom stereocenters. The second-order valence-corrected chi connectivity index (χ2v) is 7.70. The zero-order valence-electron chi connectivity index (χ0n) is 16.9. The molecule has 2 aliphatic heterocycles. The Bertz CT molecular complexity index is 453. The fraction of sp³-hybridized carbons (Fsp3) is 1.00. The molecule has 10 heteroatoms. The molecule has 0 aliphatic carbocycles. The Morgan fingerprint density at radius 2 is 1.41 bits per heavy atom. The number of aliphatic hydroxyl groups is 6. The molecule has 10 nitrogen and oxygen atoms in total. The van der Waals surface area contributed by atoms with Gasteiger partial charge >= 0.3 is 0 Å². The molecule has 2 heterocycles. The van der Waals surface area contributed by atoms with Crippen LogP contribution in [0.25, 0.3) is 0 Å². The van der Waals surface area contributed by atoms with Gasteiger partial charge in [0.15, 0.2) is 12.6 Å². The zero-order valence-corrected chi connectivity index (χ0v) is 16.9. The van der Waals surface area contributed by atoms with E-state index in [4.69, 9.17) is 24.1 Å².